The first-order chi connectivity index (χ1) is 12.7. The molecule has 1 saturated carbocycles. The molecule has 3 rings (SSSR count). The Bertz CT molecular complexity index is 696. The predicted octanol–water partition coefficient (Wildman–Crippen LogP) is 2.97. The molecule has 0 spiro atoms. The Labute approximate surface area is 167 Å². The number of carbonyl (C=O) groups is 1. The van der Waals surface area contributed by atoms with E-state index in [-0.39, 0.29) is 24.7 Å². The van der Waals surface area contributed by atoms with E-state index in [2.05, 4.69) is 20.9 Å². The highest BCUT2D eigenvalue weighted by Gasteiger charge is 2.14. The van der Waals surface area contributed by atoms with Crippen molar-refractivity contribution in [3.05, 3.63) is 41.7 Å². The summed E-state index contributed by atoms with van der Waals surface area (Å²) in [6.45, 7) is 3.43. The van der Waals surface area contributed by atoms with Crippen LogP contribution in [0.25, 0.3) is 5.69 Å². The zero-order valence-electron chi connectivity index (χ0n) is 16.0. The van der Waals surface area contributed by atoms with Crippen LogP contribution >= 0.6 is 12.4 Å². The first-order valence-corrected chi connectivity index (χ1v) is 9.71. The molecule has 1 fully saturated rings. The Hall–Kier alpha value is -1.92. The highest BCUT2D eigenvalue weighted by molar-refractivity contribution is 5.85. The van der Waals surface area contributed by atoms with Gasteiger partial charge in [-0.25, -0.2) is 4.68 Å². The minimum absolute atomic E-state index is 0. The van der Waals surface area contributed by atoms with E-state index < -0.39 is 0 Å². The molecule has 0 radical (unpaired) electrons. The van der Waals surface area contributed by atoms with Crippen LogP contribution in [0.4, 0.5) is 0 Å². The topological polar surface area (TPSA) is 71.8 Å². The maximum absolute atomic E-state index is 12.2. The molecule has 6 nitrogen and oxygen atoms in total. The fourth-order valence-electron chi connectivity index (χ4n) is 3.51. The van der Waals surface area contributed by atoms with E-state index in [4.69, 9.17) is 0 Å². The molecular formula is C20H30ClN5O. The third-order valence-corrected chi connectivity index (χ3v) is 5.05. The molecule has 1 heterocycles. The van der Waals surface area contributed by atoms with Crippen LogP contribution in [0.5, 0.6) is 0 Å². The maximum Gasteiger partial charge on any atom is 0.226 e. The lowest BCUT2D eigenvalue weighted by atomic mass is 10.1. The molecule has 1 amide bonds. The number of hydrogen-bond donors (Lipinski definition) is 2. The van der Waals surface area contributed by atoms with Gasteiger partial charge < -0.3 is 10.6 Å². The van der Waals surface area contributed by atoms with Crippen LogP contribution in [0, 0.1) is 6.92 Å². The SMILES string of the molecule is Cc1c(CC(=O)NCCNC2CCCCCC2)nnn1-c1ccccc1.Cl. The van der Waals surface area contributed by atoms with Gasteiger partial charge in [0, 0.05) is 19.1 Å². The minimum Gasteiger partial charge on any atom is -0.354 e. The minimum atomic E-state index is -0.00382. The van der Waals surface area contributed by atoms with E-state index in [0.29, 0.717) is 12.6 Å². The number of nitrogens with one attached hydrogen (secondary N) is 2. The van der Waals surface area contributed by atoms with E-state index >= 15 is 0 Å². The molecule has 148 valence electrons. The molecule has 2 N–H and O–H groups in total. The summed E-state index contributed by atoms with van der Waals surface area (Å²) < 4.78 is 1.77. The van der Waals surface area contributed by atoms with Gasteiger partial charge in [0.2, 0.25) is 5.91 Å². The summed E-state index contributed by atoms with van der Waals surface area (Å²) in [6.07, 6.45) is 8.14. The Morgan fingerprint density at radius 3 is 2.52 bits per heavy atom. The average Bonchev–Trinajstić information content (AvgIpc) is 2.86. The molecule has 0 aliphatic heterocycles. The van der Waals surface area contributed by atoms with Gasteiger partial charge in [-0.3, -0.25) is 4.79 Å². The molecule has 0 atom stereocenters. The summed E-state index contributed by atoms with van der Waals surface area (Å²) in [4.78, 5) is 12.2. The standard InChI is InChI=1S/C20H29N5O.ClH/c1-16-19(23-24-25(16)18-11-7-4-8-12-18)15-20(26)22-14-13-21-17-9-5-2-3-6-10-17;/h4,7-8,11-12,17,21H,2-3,5-6,9-10,13-15H2,1H3,(H,22,26);1H. The monoisotopic (exact) mass is 391 g/mol. The number of amides is 1. The largest absolute Gasteiger partial charge is 0.354 e. The van der Waals surface area contributed by atoms with Crippen molar-refractivity contribution in [2.24, 2.45) is 0 Å². The third kappa shape index (κ3) is 6.33. The number of hydrogen-bond acceptors (Lipinski definition) is 4. The predicted molar refractivity (Wildman–Crippen MR) is 110 cm³/mol. The van der Waals surface area contributed by atoms with Gasteiger partial charge in [-0.05, 0) is 31.9 Å². The van der Waals surface area contributed by atoms with Gasteiger partial charge >= 0.3 is 0 Å². The number of aromatic nitrogens is 3. The van der Waals surface area contributed by atoms with Crippen molar-refractivity contribution in [2.75, 3.05) is 13.1 Å². The average molecular weight is 392 g/mol. The lowest BCUT2D eigenvalue weighted by Gasteiger charge is -2.16. The lowest BCUT2D eigenvalue weighted by Crippen LogP contribution is -2.37. The van der Waals surface area contributed by atoms with Gasteiger partial charge in [0.05, 0.1) is 23.5 Å². The molecule has 0 bridgehead atoms. The molecule has 0 unspecified atom stereocenters. The summed E-state index contributed by atoms with van der Waals surface area (Å²) in [5.74, 6) is -0.00382. The zero-order valence-corrected chi connectivity index (χ0v) is 16.8. The molecule has 7 heteroatoms. The number of para-hydroxylation sites is 1. The van der Waals surface area contributed by atoms with Gasteiger partial charge in [-0.2, -0.15) is 0 Å². The van der Waals surface area contributed by atoms with Gasteiger partial charge in [-0.1, -0.05) is 49.1 Å². The van der Waals surface area contributed by atoms with Crippen molar-refractivity contribution in [3.8, 4) is 5.69 Å². The Morgan fingerprint density at radius 1 is 1.11 bits per heavy atom. The smallest absolute Gasteiger partial charge is 0.226 e. The molecule has 27 heavy (non-hydrogen) atoms. The van der Waals surface area contributed by atoms with Crippen LogP contribution in [0.3, 0.4) is 0 Å². The lowest BCUT2D eigenvalue weighted by molar-refractivity contribution is -0.120. The van der Waals surface area contributed by atoms with Crippen molar-refractivity contribution >= 4 is 18.3 Å². The number of nitrogens with zero attached hydrogens (tertiary/aromatic N) is 3. The van der Waals surface area contributed by atoms with Crippen molar-refractivity contribution in [3.63, 3.8) is 0 Å². The number of carbonyl (C=O) groups excluding carboxylic acids is 1. The van der Waals surface area contributed by atoms with Gasteiger partial charge in [0.25, 0.3) is 0 Å². The number of halogens is 1. The summed E-state index contributed by atoms with van der Waals surface area (Å²) in [6, 6.07) is 10.5. The molecule has 2 aromatic rings. The first kappa shape index (κ1) is 21.4. The molecule has 1 aliphatic carbocycles. The molecular weight excluding hydrogens is 362 g/mol. The second-order valence-corrected chi connectivity index (χ2v) is 7.04. The first-order valence-electron chi connectivity index (χ1n) is 9.71. The quantitative estimate of drug-likeness (QED) is 0.562. The Kier molecular flexibility index (Phi) is 8.75. The molecule has 1 aromatic carbocycles. The van der Waals surface area contributed by atoms with Gasteiger partial charge in [0.15, 0.2) is 0 Å². The third-order valence-electron chi connectivity index (χ3n) is 5.05. The fourth-order valence-corrected chi connectivity index (χ4v) is 3.51. The molecule has 1 aromatic heterocycles. The van der Waals surface area contributed by atoms with Crippen molar-refractivity contribution in [1.82, 2.24) is 25.6 Å². The maximum atomic E-state index is 12.2. The fraction of sp³-hybridized carbons (Fsp3) is 0.550. The van der Waals surface area contributed by atoms with E-state index in [1.807, 2.05) is 37.3 Å². The highest BCUT2D eigenvalue weighted by Crippen LogP contribution is 2.16. The van der Waals surface area contributed by atoms with E-state index in [9.17, 15) is 4.79 Å². The van der Waals surface area contributed by atoms with Gasteiger partial charge in [0.1, 0.15) is 0 Å². The molecule has 1 aliphatic rings. The van der Waals surface area contributed by atoms with Crippen LogP contribution in [0.15, 0.2) is 30.3 Å². The normalized spacial score (nSPS) is 15.0. The van der Waals surface area contributed by atoms with Crippen LogP contribution in [0.1, 0.15) is 49.9 Å². The Morgan fingerprint density at radius 2 is 1.81 bits per heavy atom. The van der Waals surface area contributed by atoms with Crippen LogP contribution < -0.4 is 10.6 Å². The van der Waals surface area contributed by atoms with Crippen LogP contribution in [0.2, 0.25) is 0 Å². The Balaban J connectivity index is 0.00000261. The highest BCUT2D eigenvalue weighted by atomic mass is 35.5. The van der Waals surface area contributed by atoms with E-state index in [0.717, 1.165) is 23.6 Å². The second kappa shape index (κ2) is 11.0. The summed E-state index contributed by atoms with van der Waals surface area (Å²) in [7, 11) is 0. The van der Waals surface area contributed by atoms with Gasteiger partial charge in [-0.15, -0.1) is 17.5 Å². The van der Waals surface area contributed by atoms with E-state index in [1.165, 1.54) is 38.5 Å². The van der Waals surface area contributed by atoms with Crippen molar-refractivity contribution in [2.45, 2.75) is 57.9 Å². The van der Waals surface area contributed by atoms with Crippen molar-refractivity contribution < 1.29 is 4.79 Å². The summed E-state index contributed by atoms with van der Waals surface area (Å²) in [5.41, 5.74) is 2.59. The van der Waals surface area contributed by atoms with E-state index in [1.54, 1.807) is 4.68 Å². The summed E-state index contributed by atoms with van der Waals surface area (Å²) >= 11 is 0. The zero-order chi connectivity index (χ0) is 18.2. The molecule has 0 saturated heterocycles. The number of benzene rings is 1. The van der Waals surface area contributed by atoms with Crippen LogP contribution in [-0.2, 0) is 11.2 Å². The number of rotatable bonds is 7. The second-order valence-electron chi connectivity index (χ2n) is 7.04. The van der Waals surface area contributed by atoms with Crippen LogP contribution in [-0.4, -0.2) is 40.0 Å². The van der Waals surface area contributed by atoms with Crippen molar-refractivity contribution in [1.29, 1.82) is 0 Å². The summed E-state index contributed by atoms with van der Waals surface area (Å²) in [5, 5.41) is 14.9.